The monoisotopic (exact) mass is 367 g/mol. The molecule has 1 N–H and O–H groups in total. The molecule has 6 heteroatoms. The number of benzene rings is 1. The number of nitrogens with zero attached hydrogens (tertiary/aromatic N) is 2. The molecule has 0 bridgehead atoms. The number of fused-ring (bicyclic) bond motifs is 1. The van der Waals surface area contributed by atoms with Crippen molar-refractivity contribution >= 4 is 5.91 Å². The number of hydrogen-bond donors (Lipinski definition) is 1. The van der Waals surface area contributed by atoms with Gasteiger partial charge in [-0.3, -0.25) is 14.5 Å². The molecule has 3 heterocycles. The second kappa shape index (κ2) is 6.85. The van der Waals surface area contributed by atoms with Crippen LogP contribution in [0, 0.1) is 18.8 Å². The lowest BCUT2D eigenvalue weighted by molar-refractivity contribution is 0.0767. The summed E-state index contributed by atoms with van der Waals surface area (Å²) in [6, 6.07) is 11.7. The minimum absolute atomic E-state index is 0.0465. The summed E-state index contributed by atoms with van der Waals surface area (Å²) >= 11 is 0. The van der Waals surface area contributed by atoms with E-state index < -0.39 is 0 Å². The molecule has 0 aliphatic carbocycles. The number of nitrogens with one attached hydrogen (secondary N) is 1. The number of rotatable bonds is 3. The van der Waals surface area contributed by atoms with E-state index in [1.807, 2.05) is 17.0 Å². The van der Waals surface area contributed by atoms with Crippen LogP contribution in [0.15, 0.2) is 41.2 Å². The van der Waals surface area contributed by atoms with Crippen LogP contribution in [0.25, 0.3) is 0 Å². The molecule has 2 saturated heterocycles. The number of aromatic nitrogens is 1. The minimum Gasteiger partial charge on any atom is -0.497 e. The lowest BCUT2D eigenvalue weighted by Crippen LogP contribution is -2.34. The van der Waals surface area contributed by atoms with Gasteiger partial charge in [0, 0.05) is 48.9 Å². The summed E-state index contributed by atoms with van der Waals surface area (Å²) in [6.07, 6.45) is 0. The van der Waals surface area contributed by atoms with E-state index in [-0.39, 0.29) is 11.5 Å². The van der Waals surface area contributed by atoms with E-state index in [0.29, 0.717) is 29.1 Å². The molecule has 2 fully saturated rings. The summed E-state index contributed by atoms with van der Waals surface area (Å²) < 4.78 is 5.27. The Bertz CT molecular complexity index is 906. The van der Waals surface area contributed by atoms with E-state index in [1.165, 1.54) is 11.6 Å². The summed E-state index contributed by atoms with van der Waals surface area (Å²) in [5, 5.41) is 0. The molecule has 0 radical (unpaired) electrons. The molecule has 1 aromatic carbocycles. The van der Waals surface area contributed by atoms with Gasteiger partial charge in [-0.1, -0.05) is 12.1 Å². The zero-order chi connectivity index (χ0) is 19.1. The molecule has 2 aliphatic rings. The molecule has 27 heavy (non-hydrogen) atoms. The molecule has 142 valence electrons. The summed E-state index contributed by atoms with van der Waals surface area (Å²) in [4.78, 5) is 31.6. The van der Waals surface area contributed by atoms with Gasteiger partial charge >= 0.3 is 0 Å². The normalized spacial score (nSPS) is 24.9. The molecule has 6 nitrogen and oxygen atoms in total. The standard InChI is InChI=1S/C21H25N3O3/c1-13-8-15(9-19(25)22-13)21(26)24-11-16-10-23(2)20(18(16)12-24)14-4-6-17(27-3)7-5-14/h4-9,16,18,20H,10-12H2,1-3H3,(H,22,25)/t16-,18+,20+/m0/s1. The number of hydrogen-bond acceptors (Lipinski definition) is 4. The van der Waals surface area contributed by atoms with Gasteiger partial charge in [0.25, 0.3) is 5.91 Å². The Morgan fingerprint density at radius 2 is 1.89 bits per heavy atom. The van der Waals surface area contributed by atoms with Crippen molar-refractivity contribution in [3.8, 4) is 5.75 Å². The second-order valence-electron chi connectivity index (χ2n) is 7.71. The SMILES string of the molecule is COc1ccc([C@@H]2[C@@H]3CN(C(=O)c4cc(C)[nH]c(=O)c4)C[C@@H]3CN2C)cc1. The number of aromatic amines is 1. The highest BCUT2D eigenvalue weighted by Gasteiger charge is 2.47. The number of pyridine rings is 1. The lowest BCUT2D eigenvalue weighted by Gasteiger charge is -2.27. The topological polar surface area (TPSA) is 65.6 Å². The number of H-pyrrole nitrogens is 1. The van der Waals surface area contributed by atoms with Crippen LogP contribution in [-0.4, -0.2) is 54.5 Å². The molecule has 1 amide bonds. The van der Waals surface area contributed by atoms with Gasteiger partial charge in [-0.25, -0.2) is 0 Å². The van der Waals surface area contributed by atoms with Crippen molar-refractivity contribution in [1.82, 2.24) is 14.8 Å². The van der Waals surface area contributed by atoms with Gasteiger partial charge in [-0.2, -0.15) is 0 Å². The fraction of sp³-hybridized carbons (Fsp3) is 0.429. The number of carbonyl (C=O) groups excluding carboxylic acids is 1. The van der Waals surface area contributed by atoms with Gasteiger partial charge in [0.2, 0.25) is 5.56 Å². The number of carbonyl (C=O) groups is 1. The predicted molar refractivity (Wildman–Crippen MR) is 103 cm³/mol. The number of methoxy groups -OCH3 is 1. The first-order valence-electron chi connectivity index (χ1n) is 9.30. The number of ether oxygens (including phenoxy) is 1. The van der Waals surface area contributed by atoms with E-state index in [4.69, 9.17) is 4.74 Å². The van der Waals surface area contributed by atoms with Crippen molar-refractivity contribution in [3.63, 3.8) is 0 Å². The maximum atomic E-state index is 12.9. The number of aryl methyl sites for hydroxylation is 1. The van der Waals surface area contributed by atoms with Crippen molar-refractivity contribution in [1.29, 1.82) is 0 Å². The zero-order valence-electron chi connectivity index (χ0n) is 15.9. The second-order valence-corrected chi connectivity index (χ2v) is 7.71. The van der Waals surface area contributed by atoms with Gasteiger partial charge in [0.1, 0.15) is 5.75 Å². The van der Waals surface area contributed by atoms with Crippen LogP contribution in [0.2, 0.25) is 0 Å². The van der Waals surface area contributed by atoms with Crippen LogP contribution in [0.1, 0.15) is 27.7 Å². The highest BCUT2D eigenvalue weighted by Crippen LogP contribution is 2.44. The third-order valence-electron chi connectivity index (χ3n) is 5.86. The van der Waals surface area contributed by atoms with Crippen LogP contribution < -0.4 is 10.3 Å². The summed E-state index contributed by atoms with van der Waals surface area (Å²) in [7, 11) is 3.82. The predicted octanol–water partition coefficient (Wildman–Crippen LogP) is 2.07. The van der Waals surface area contributed by atoms with Gasteiger partial charge in [-0.15, -0.1) is 0 Å². The van der Waals surface area contributed by atoms with E-state index in [9.17, 15) is 9.59 Å². The highest BCUT2D eigenvalue weighted by atomic mass is 16.5. The van der Waals surface area contributed by atoms with Gasteiger partial charge < -0.3 is 14.6 Å². The van der Waals surface area contributed by atoms with E-state index >= 15 is 0 Å². The molecule has 0 spiro atoms. The smallest absolute Gasteiger partial charge is 0.254 e. The Morgan fingerprint density at radius 3 is 2.56 bits per heavy atom. The third-order valence-corrected chi connectivity index (χ3v) is 5.86. The van der Waals surface area contributed by atoms with E-state index in [1.54, 1.807) is 20.1 Å². The fourth-order valence-electron chi connectivity index (χ4n) is 4.71. The van der Waals surface area contributed by atoms with Crippen molar-refractivity contribution < 1.29 is 9.53 Å². The first kappa shape index (κ1) is 17.8. The molecule has 0 unspecified atom stereocenters. The van der Waals surface area contributed by atoms with Crippen molar-refractivity contribution in [3.05, 3.63) is 63.6 Å². The number of likely N-dealkylation sites (tertiary alicyclic amines) is 2. The average Bonchev–Trinajstić information content (AvgIpc) is 3.17. The van der Waals surface area contributed by atoms with E-state index in [0.717, 1.165) is 25.4 Å². The van der Waals surface area contributed by atoms with Gasteiger partial charge in [0.15, 0.2) is 0 Å². The Morgan fingerprint density at radius 1 is 1.15 bits per heavy atom. The van der Waals surface area contributed by atoms with Crippen LogP contribution in [-0.2, 0) is 0 Å². The summed E-state index contributed by atoms with van der Waals surface area (Å²) in [6.45, 7) is 4.23. The molecule has 2 aromatic rings. The molecule has 3 atom stereocenters. The zero-order valence-corrected chi connectivity index (χ0v) is 15.9. The molecule has 0 saturated carbocycles. The molecular weight excluding hydrogens is 342 g/mol. The van der Waals surface area contributed by atoms with Crippen LogP contribution in [0.3, 0.4) is 0 Å². The third kappa shape index (κ3) is 3.25. The summed E-state index contributed by atoms with van der Waals surface area (Å²) in [5.41, 5.74) is 2.22. The Hall–Kier alpha value is -2.60. The van der Waals surface area contributed by atoms with Crippen LogP contribution in [0.5, 0.6) is 5.75 Å². The number of amides is 1. The minimum atomic E-state index is -0.228. The van der Waals surface area contributed by atoms with Crippen LogP contribution in [0.4, 0.5) is 0 Å². The first-order valence-corrected chi connectivity index (χ1v) is 9.30. The van der Waals surface area contributed by atoms with E-state index in [2.05, 4.69) is 29.1 Å². The van der Waals surface area contributed by atoms with Crippen molar-refractivity contribution in [2.24, 2.45) is 11.8 Å². The van der Waals surface area contributed by atoms with Crippen LogP contribution >= 0.6 is 0 Å². The molecule has 4 rings (SSSR count). The summed E-state index contributed by atoms with van der Waals surface area (Å²) in [5.74, 6) is 1.66. The fourth-order valence-corrected chi connectivity index (χ4v) is 4.71. The molecule has 2 aliphatic heterocycles. The maximum Gasteiger partial charge on any atom is 0.254 e. The van der Waals surface area contributed by atoms with Crippen molar-refractivity contribution in [2.45, 2.75) is 13.0 Å². The molecular formula is C21H25N3O3. The Balaban J connectivity index is 1.55. The lowest BCUT2D eigenvalue weighted by atomic mass is 9.89. The van der Waals surface area contributed by atoms with Gasteiger partial charge in [-0.05, 0) is 43.7 Å². The largest absolute Gasteiger partial charge is 0.497 e. The molecule has 1 aromatic heterocycles. The Kier molecular flexibility index (Phi) is 4.52. The Labute approximate surface area is 158 Å². The maximum absolute atomic E-state index is 12.9. The highest BCUT2D eigenvalue weighted by molar-refractivity contribution is 5.94. The quantitative estimate of drug-likeness (QED) is 0.902. The van der Waals surface area contributed by atoms with Gasteiger partial charge in [0.05, 0.1) is 7.11 Å². The van der Waals surface area contributed by atoms with Crippen molar-refractivity contribution in [2.75, 3.05) is 33.8 Å². The average molecular weight is 367 g/mol. The first-order chi connectivity index (χ1) is 13.0.